The second kappa shape index (κ2) is 11.0. The van der Waals surface area contributed by atoms with Crippen LogP contribution in [0.1, 0.15) is 28.6 Å². The minimum atomic E-state index is -3.34. The molecule has 10 nitrogen and oxygen atoms in total. The van der Waals surface area contributed by atoms with Gasteiger partial charge < -0.3 is 24.7 Å². The van der Waals surface area contributed by atoms with Gasteiger partial charge in [-0.3, -0.25) is 0 Å². The second-order valence-electron chi connectivity index (χ2n) is 7.58. The van der Waals surface area contributed by atoms with Gasteiger partial charge in [-0.2, -0.15) is 0 Å². The van der Waals surface area contributed by atoms with Crippen LogP contribution in [0.4, 0.5) is 4.79 Å². The molecule has 0 spiro atoms. The van der Waals surface area contributed by atoms with Crippen LogP contribution in [0.15, 0.2) is 54.9 Å². The summed E-state index contributed by atoms with van der Waals surface area (Å²) in [6.45, 7) is 0.264. The van der Waals surface area contributed by atoms with Crippen molar-refractivity contribution in [2.24, 2.45) is 7.05 Å². The van der Waals surface area contributed by atoms with E-state index in [9.17, 15) is 13.2 Å². The number of urea groups is 1. The van der Waals surface area contributed by atoms with E-state index < -0.39 is 22.1 Å². The van der Waals surface area contributed by atoms with Crippen molar-refractivity contribution >= 4 is 16.1 Å². The standard InChI is InChI=1S/C23H29N5O5S/c1-24-34(30,31)15-17-7-5-16(6-8-17)14-26-23(29)27-21(22-25-9-10-28(22)2)18-11-19(32-3)13-20(12-18)33-4/h5-13,21,24H,14-15H2,1-4H3,(H2,26,27,29). The highest BCUT2D eigenvalue weighted by Gasteiger charge is 2.22. The third-order valence-electron chi connectivity index (χ3n) is 5.24. The van der Waals surface area contributed by atoms with Gasteiger partial charge in [-0.15, -0.1) is 0 Å². The number of aryl methyl sites for hydroxylation is 1. The molecule has 3 rings (SSSR count). The van der Waals surface area contributed by atoms with Crippen LogP contribution in [0.2, 0.25) is 0 Å². The Hall–Kier alpha value is -3.57. The number of amides is 2. The van der Waals surface area contributed by atoms with E-state index in [-0.39, 0.29) is 12.3 Å². The number of aromatic nitrogens is 2. The van der Waals surface area contributed by atoms with Crippen LogP contribution in [0.25, 0.3) is 0 Å². The number of carbonyl (C=O) groups excluding carboxylic acids is 1. The normalized spacial score (nSPS) is 12.1. The molecule has 1 aromatic heterocycles. The van der Waals surface area contributed by atoms with Gasteiger partial charge >= 0.3 is 6.03 Å². The smallest absolute Gasteiger partial charge is 0.315 e. The van der Waals surface area contributed by atoms with Crippen LogP contribution in [0, 0.1) is 0 Å². The zero-order valence-corrected chi connectivity index (χ0v) is 20.3. The molecule has 3 aromatic rings. The lowest BCUT2D eigenvalue weighted by Gasteiger charge is -2.21. The van der Waals surface area contributed by atoms with Crippen LogP contribution >= 0.6 is 0 Å². The molecule has 0 radical (unpaired) electrons. The van der Waals surface area contributed by atoms with Crippen molar-refractivity contribution in [1.82, 2.24) is 24.9 Å². The maximum atomic E-state index is 12.8. The zero-order valence-electron chi connectivity index (χ0n) is 19.5. The van der Waals surface area contributed by atoms with Gasteiger partial charge in [0.2, 0.25) is 10.0 Å². The maximum Gasteiger partial charge on any atom is 0.315 e. The van der Waals surface area contributed by atoms with Gasteiger partial charge in [-0.05, 0) is 35.9 Å². The molecule has 1 heterocycles. The van der Waals surface area contributed by atoms with Gasteiger partial charge in [0.05, 0.1) is 20.0 Å². The van der Waals surface area contributed by atoms with Crippen molar-refractivity contribution in [2.45, 2.75) is 18.3 Å². The van der Waals surface area contributed by atoms with Crippen LogP contribution in [0.5, 0.6) is 11.5 Å². The van der Waals surface area contributed by atoms with E-state index in [0.29, 0.717) is 22.9 Å². The number of nitrogens with one attached hydrogen (secondary N) is 3. The first kappa shape index (κ1) is 25.1. The number of carbonyl (C=O) groups is 1. The molecule has 2 amide bonds. The summed E-state index contributed by atoms with van der Waals surface area (Å²) in [6, 6.07) is 11.5. The predicted molar refractivity (Wildman–Crippen MR) is 128 cm³/mol. The van der Waals surface area contributed by atoms with Crippen LogP contribution in [0.3, 0.4) is 0 Å². The zero-order chi connectivity index (χ0) is 24.7. The first-order valence-electron chi connectivity index (χ1n) is 10.5. The van der Waals surface area contributed by atoms with E-state index in [0.717, 1.165) is 11.1 Å². The van der Waals surface area contributed by atoms with Crippen molar-refractivity contribution in [3.8, 4) is 11.5 Å². The second-order valence-corrected chi connectivity index (χ2v) is 9.51. The molecule has 11 heteroatoms. The molecule has 3 N–H and O–H groups in total. The van der Waals surface area contributed by atoms with Gasteiger partial charge in [0.25, 0.3) is 0 Å². The summed E-state index contributed by atoms with van der Waals surface area (Å²) in [7, 11) is 3.02. The summed E-state index contributed by atoms with van der Waals surface area (Å²) in [6.07, 6.45) is 3.46. The van der Waals surface area contributed by atoms with E-state index in [1.54, 1.807) is 56.9 Å². The number of ether oxygens (including phenoxy) is 2. The molecule has 182 valence electrons. The quantitative estimate of drug-likeness (QED) is 0.402. The van der Waals surface area contributed by atoms with Gasteiger partial charge in [0.15, 0.2) is 0 Å². The molecular formula is C23H29N5O5S. The molecular weight excluding hydrogens is 458 g/mol. The Bertz CT molecular complexity index is 1200. The number of hydrogen-bond acceptors (Lipinski definition) is 6. The lowest BCUT2D eigenvalue weighted by atomic mass is 10.1. The number of methoxy groups -OCH3 is 2. The van der Waals surface area contributed by atoms with Crippen LogP contribution < -0.4 is 24.8 Å². The van der Waals surface area contributed by atoms with E-state index in [1.807, 2.05) is 23.7 Å². The Kier molecular flexibility index (Phi) is 8.13. The van der Waals surface area contributed by atoms with Gasteiger partial charge in [0, 0.05) is 32.1 Å². The van der Waals surface area contributed by atoms with Crippen molar-refractivity contribution in [1.29, 1.82) is 0 Å². The average molecular weight is 488 g/mol. The van der Waals surface area contributed by atoms with Crippen molar-refractivity contribution in [2.75, 3.05) is 21.3 Å². The number of nitrogens with zero attached hydrogens (tertiary/aromatic N) is 2. The molecule has 2 aromatic carbocycles. The number of hydrogen-bond donors (Lipinski definition) is 3. The lowest BCUT2D eigenvalue weighted by molar-refractivity contribution is 0.237. The minimum Gasteiger partial charge on any atom is -0.497 e. The third kappa shape index (κ3) is 6.49. The van der Waals surface area contributed by atoms with Crippen molar-refractivity contribution in [3.63, 3.8) is 0 Å². The van der Waals surface area contributed by atoms with Crippen LogP contribution in [-0.2, 0) is 29.4 Å². The van der Waals surface area contributed by atoms with Crippen molar-refractivity contribution < 1.29 is 22.7 Å². The Labute approximate surface area is 199 Å². The Morgan fingerprint density at radius 3 is 2.21 bits per heavy atom. The SMILES string of the molecule is CNS(=O)(=O)Cc1ccc(CNC(=O)NC(c2cc(OC)cc(OC)c2)c2nccn2C)cc1. The highest BCUT2D eigenvalue weighted by Crippen LogP contribution is 2.29. The number of imidazole rings is 1. The highest BCUT2D eigenvalue weighted by atomic mass is 32.2. The predicted octanol–water partition coefficient (Wildman–Crippen LogP) is 2.08. The molecule has 0 fully saturated rings. The van der Waals surface area contributed by atoms with Crippen molar-refractivity contribution in [3.05, 3.63) is 77.4 Å². The van der Waals surface area contributed by atoms with Gasteiger partial charge in [0.1, 0.15) is 23.4 Å². The summed E-state index contributed by atoms with van der Waals surface area (Å²) in [5, 5.41) is 5.80. The topological polar surface area (TPSA) is 124 Å². The highest BCUT2D eigenvalue weighted by molar-refractivity contribution is 7.88. The van der Waals surface area contributed by atoms with E-state index in [1.165, 1.54) is 7.05 Å². The van der Waals surface area contributed by atoms with E-state index in [2.05, 4.69) is 20.3 Å². The van der Waals surface area contributed by atoms with E-state index in [4.69, 9.17) is 9.47 Å². The minimum absolute atomic E-state index is 0.104. The molecule has 1 unspecified atom stereocenters. The largest absolute Gasteiger partial charge is 0.497 e. The Morgan fingerprint density at radius 2 is 1.68 bits per heavy atom. The molecule has 0 saturated heterocycles. The van der Waals surface area contributed by atoms with E-state index >= 15 is 0 Å². The fourth-order valence-electron chi connectivity index (χ4n) is 3.36. The van der Waals surface area contributed by atoms with Crippen LogP contribution in [-0.4, -0.2) is 45.3 Å². The monoisotopic (exact) mass is 487 g/mol. The molecule has 0 saturated carbocycles. The summed E-state index contributed by atoms with van der Waals surface area (Å²) in [5.41, 5.74) is 2.23. The Balaban J connectivity index is 1.73. The van der Waals surface area contributed by atoms with Gasteiger partial charge in [-0.1, -0.05) is 24.3 Å². The molecule has 0 aliphatic carbocycles. The molecule has 0 aliphatic heterocycles. The molecule has 0 aliphatic rings. The first-order chi connectivity index (χ1) is 16.2. The third-order valence-corrected chi connectivity index (χ3v) is 6.58. The summed E-state index contributed by atoms with van der Waals surface area (Å²) < 4.78 is 38.3. The molecule has 0 bridgehead atoms. The molecule has 1 atom stereocenters. The molecule has 34 heavy (non-hydrogen) atoms. The van der Waals surface area contributed by atoms with Gasteiger partial charge in [-0.25, -0.2) is 22.9 Å². The number of sulfonamides is 1. The summed E-state index contributed by atoms with van der Waals surface area (Å²) in [5.74, 6) is 1.72. The fraction of sp³-hybridized carbons (Fsp3) is 0.304. The fourth-order valence-corrected chi connectivity index (χ4v) is 4.13. The lowest BCUT2D eigenvalue weighted by Crippen LogP contribution is -2.39. The number of rotatable bonds is 10. The maximum absolute atomic E-state index is 12.8. The summed E-state index contributed by atoms with van der Waals surface area (Å²) in [4.78, 5) is 17.2. The average Bonchev–Trinajstić information content (AvgIpc) is 3.26. The summed E-state index contributed by atoms with van der Waals surface area (Å²) >= 11 is 0. The first-order valence-corrected chi connectivity index (χ1v) is 12.1. The number of benzene rings is 2. The Morgan fingerprint density at radius 1 is 1.06 bits per heavy atom.